The summed E-state index contributed by atoms with van der Waals surface area (Å²) in [4.78, 5) is 12.3. The van der Waals surface area contributed by atoms with Crippen molar-refractivity contribution in [1.29, 1.82) is 0 Å². The molecule has 2 aromatic rings. The zero-order valence-electron chi connectivity index (χ0n) is 15.8. The molecule has 0 bridgehead atoms. The summed E-state index contributed by atoms with van der Waals surface area (Å²) in [6, 6.07) is 13.1. The largest absolute Gasteiger partial charge is 0.355 e. The molecule has 27 heavy (non-hydrogen) atoms. The Balaban J connectivity index is 1.96. The monoisotopic (exact) mass is 408 g/mol. The van der Waals surface area contributed by atoms with Crippen molar-refractivity contribution in [2.75, 3.05) is 23.7 Å². The van der Waals surface area contributed by atoms with Gasteiger partial charge in [0.05, 0.1) is 11.9 Å². The quantitative estimate of drug-likeness (QED) is 0.680. The van der Waals surface area contributed by atoms with E-state index in [2.05, 4.69) is 5.32 Å². The Morgan fingerprint density at radius 1 is 1.15 bits per heavy atom. The van der Waals surface area contributed by atoms with Gasteiger partial charge in [0.1, 0.15) is 6.54 Å². The van der Waals surface area contributed by atoms with Crippen molar-refractivity contribution in [3.05, 3.63) is 64.2 Å². The number of carbonyl (C=O) groups excluding carboxylic acids is 1. The molecule has 1 amide bonds. The first-order valence-corrected chi connectivity index (χ1v) is 11.0. The first kappa shape index (κ1) is 21.3. The molecule has 0 aliphatic carbocycles. The minimum Gasteiger partial charge on any atom is -0.355 e. The Hall–Kier alpha value is -2.05. The van der Waals surface area contributed by atoms with Gasteiger partial charge in [-0.05, 0) is 55.5 Å². The van der Waals surface area contributed by atoms with Crippen LogP contribution >= 0.6 is 11.6 Å². The number of nitrogens with one attached hydrogen (secondary N) is 1. The predicted octanol–water partition coefficient (Wildman–Crippen LogP) is 3.47. The van der Waals surface area contributed by atoms with Crippen LogP contribution in [0.4, 0.5) is 5.69 Å². The Morgan fingerprint density at radius 3 is 2.52 bits per heavy atom. The number of sulfonamides is 1. The minimum atomic E-state index is -3.58. The van der Waals surface area contributed by atoms with E-state index < -0.39 is 10.0 Å². The average Bonchev–Trinajstić information content (AvgIpc) is 2.59. The summed E-state index contributed by atoms with van der Waals surface area (Å²) in [6.07, 6.45) is 2.57. The Bertz CT molecular complexity index is 913. The molecule has 0 saturated heterocycles. The van der Waals surface area contributed by atoms with Gasteiger partial charge in [0.25, 0.3) is 0 Å². The molecule has 0 unspecified atom stereocenters. The topological polar surface area (TPSA) is 66.5 Å². The molecule has 0 spiro atoms. The van der Waals surface area contributed by atoms with Gasteiger partial charge in [-0.15, -0.1) is 0 Å². The second-order valence-electron chi connectivity index (χ2n) is 6.60. The van der Waals surface area contributed by atoms with Crippen molar-refractivity contribution < 1.29 is 13.2 Å². The van der Waals surface area contributed by atoms with Gasteiger partial charge in [-0.3, -0.25) is 9.10 Å². The summed E-state index contributed by atoms with van der Waals surface area (Å²) < 4.78 is 25.6. The fraction of sp³-hybridized carbons (Fsp3) is 0.350. The van der Waals surface area contributed by atoms with Crippen LogP contribution in [-0.2, 0) is 21.2 Å². The van der Waals surface area contributed by atoms with E-state index in [1.54, 1.807) is 6.07 Å². The van der Waals surface area contributed by atoms with Gasteiger partial charge in [-0.1, -0.05) is 41.9 Å². The number of rotatable bonds is 8. The molecule has 2 rings (SSSR count). The zero-order valence-corrected chi connectivity index (χ0v) is 17.4. The van der Waals surface area contributed by atoms with Crippen molar-refractivity contribution in [2.24, 2.45) is 0 Å². The van der Waals surface area contributed by atoms with Crippen LogP contribution in [-0.4, -0.2) is 33.7 Å². The van der Waals surface area contributed by atoms with Crippen molar-refractivity contribution >= 4 is 33.2 Å². The standard InChI is InChI=1S/C20H25ClN2O3S/c1-15-10-11-16(2)19(13-15)23(27(3,25)26)14-20(24)22-12-6-8-17-7-4-5-9-18(17)21/h4-5,7,9-11,13H,6,8,12,14H2,1-3H3,(H,22,24). The van der Waals surface area contributed by atoms with Crippen LogP contribution in [0.3, 0.4) is 0 Å². The highest BCUT2D eigenvalue weighted by Gasteiger charge is 2.22. The van der Waals surface area contributed by atoms with E-state index >= 15 is 0 Å². The molecule has 7 heteroatoms. The van der Waals surface area contributed by atoms with Crippen LogP contribution in [0.15, 0.2) is 42.5 Å². The lowest BCUT2D eigenvalue weighted by atomic mass is 10.1. The highest BCUT2D eigenvalue weighted by molar-refractivity contribution is 7.92. The van der Waals surface area contributed by atoms with Crippen LogP contribution in [0.25, 0.3) is 0 Å². The molecule has 146 valence electrons. The normalized spacial score (nSPS) is 11.3. The lowest BCUT2D eigenvalue weighted by molar-refractivity contribution is -0.119. The second kappa shape index (κ2) is 9.24. The number of hydrogen-bond donors (Lipinski definition) is 1. The first-order chi connectivity index (χ1) is 12.7. The summed E-state index contributed by atoms with van der Waals surface area (Å²) in [5, 5.41) is 3.50. The Kier molecular flexibility index (Phi) is 7.27. The van der Waals surface area contributed by atoms with Gasteiger partial charge in [0.2, 0.25) is 15.9 Å². The number of carbonyl (C=O) groups is 1. The molecular formula is C20H25ClN2O3S. The summed E-state index contributed by atoms with van der Waals surface area (Å²) in [6.45, 7) is 3.93. The maximum Gasteiger partial charge on any atom is 0.240 e. The molecule has 2 aromatic carbocycles. The smallest absolute Gasteiger partial charge is 0.240 e. The third-order valence-electron chi connectivity index (χ3n) is 4.22. The van der Waals surface area contributed by atoms with E-state index in [1.807, 2.05) is 50.2 Å². The number of nitrogens with zero attached hydrogens (tertiary/aromatic N) is 1. The predicted molar refractivity (Wildman–Crippen MR) is 111 cm³/mol. The molecule has 0 aliphatic rings. The van der Waals surface area contributed by atoms with Gasteiger partial charge in [0, 0.05) is 11.6 Å². The molecule has 0 fully saturated rings. The maximum absolute atomic E-state index is 12.3. The third-order valence-corrected chi connectivity index (χ3v) is 5.72. The summed E-state index contributed by atoms with van der Waals surface area (Å²) in [5.74, 6) is -0.333. The van der Waals surface area contributed by atoms with E-state index in [4.69, 9.17) is 11.6 Å². The molecule has 5 nitrogen and oxygen atoms in total. The molecule has 1 N–H and O–H groups in total. The second-order valence-corrected chi connectivity index (χ2v) is 8.92. The maximum atomic E-state index is 12.3. The number of aryl methyl sites for hydroxylation is 3. The fourth-order valence-corrected chi connectivity index (χ4v) is 3.90. The number of anilines is 1. The van der Waals surface area contributed by atoms with Crippen molar-refractivity contribution in [3.8, 4) is 0 Å². The van der Waals surface area contributed by atoms with Crippen molar-refractivity contribution in [3.63, 3.8) is 0 Å². The van der Waals surface area contributed by atoms with E-state index in [-0.39, 0.29) is 12.5 Å². The average molecular weight is 409 g/mol. The summed E-state index contributed by atoms with van der Waals surface area (Å²) in [5.41, 5.74) is 3.30. The number of hydrogen-bond acceptors (Lipinski definition) is 3. The molecule has 0 aliphatic heterocycles. The van der Waals surface area contributed by atoms with E-state index in [1.165, 1.54) is 0 Å². The number of halogens is 1. The van der Waals surface area contributed by atoms with Crippen molar-refractivity contribution in [2.45, 2.75) is 26.7 Å². The van der Waals surface area contributed by atoms with Crippen LogP contribution in [0.5, 0.6) is 0 Å². The highest BCUT2D eigenvalue weighted by Crippen LogP contribution is 2.23. The van der Waals surface area contributed by atoms with E-state index in [0.29, 0.717) is 17.3 Å². The minimum absolute atomic E-state index is 0.241. The van der Waals surface area contributed by atoms with Crippen LogP contribution in [0.1, 0.15) is 23.1 Å². The van der Waals surface area contributed by atoms with Crippen LogP contribution in [0, 0.1) is 13.8 Å². The number of benzene rings is 2. The van der Waals surface area contributed by atoms with Gasteiger partial charge in [0.15, 0.2) is 0 Å². The van der Waals surface area contributed by atoms with E-state index in [0.717, 1.165) is 40.1 Å². The molecule has 0 aromatic heterocycles. The Morgan fingerprint density at radius 2 is 1.85 bits per heavy atom. The highest BCUT2D eigenvalue weighted by atomic mass is 35.5. The molecule has 0 radical (unpaired) electrons. The van der Waals surface area contributed by atoms with Gasteiger partial charge in [-0.25, -0.2) is 8.42 Å². The first-order valence-electron chi connectivity index (χ1n) is 8.73. The van der Waals surface area contributed by atoms with Crippen LogP contribution in [0.2, 0.25) is 5.02 Å². The van der Waals surface area contributed by atoms with Gasteiger partial charge >= 0.3 is 0 Å². The third kappa shape index (κ3) is 6.26. The fourth-order valence-electron chi connectivity index (χ4n) is 2.76. The zero-order chi connectivity index (χ0) is 20.0. The Labute approximate surface area is 166 Å². The van der Waals surface area contributed by atoms with Gasteiger partial charge in [-0.2, -0.15) is 0 Å². The molecule has 0 heterocycles. The molecule has 0 saturated carbocycles. The van der Waals surface area contributed by atoms with Gasteiger partial charge < -0.3 is 5.32 Å². The SMILES string of the molecule is Cc1ccc(C)c(N(CC(=O)NCCCc2ccccc2Cl)S(C)(=O)=O)c1. The van der Waals surface area contributed by atoms with Crippen LogP contribution < -0.4 is 9.62 Å². The van der Waals surface area contributed by atoms with E-state index in [9.17, 15) is 13.2 Å². The summed E-state index contributed by atoms with van der Waals surface area (Å²) in [7, 11) is -3.58. The van der Waals surface area contributed by atoms with Crippen molar-refractivity contribution in [1.82, 2.24) is 5.32 Å². The lowest BCUT2D eigenvalue weighted by Crippen LogP contribution is -2.41. The lowest BCUT2D eigenvalue weighted by Gasteiger charge is -2.24. The molecule has 0 atom stereocenters. The molecular weight excluding hydrogens is 384 g/mol. The number of amides is 1. The summed E-state index contributed by atoms with van der Waals surface area (Å²) >= 11 is 6.12.